The van der Waals surface area contributed by atoms with E-state index < -0.39 is 23.2 Å². The average molecular weight is 425 g/mol. The number of alkyl halides is 3. The van der Waals surface area contributed by atoms with Crippen LogP contribution >= 0.6 is 0 Å². The van der Waals surface area contributed by atoms with Crippen LogP contribution in [0.15, 0.2) is 18.2 Å². The Balaban J connectivity index is 1.63. The van der Waals surface area contributed by atoms with Gasteiger partial charge in [0.2, 0.25) is 0 Å². The van der Waals surface area contributed by atoms with Crippen LogP contribution < -0.4 is 5.73 Å². The minimum atomic E-state index is -4.33. The molecule has 4 N–H and O–H groups in total. The number of rotatable bonds is 8. The van der Waals surface area contributed by atoms with E-state index in [1.807, 2.05) is 0 Å². The van der Waals surface area contributed by atoms with Crippen molar-refractivity contribution in [3.05, 3.63) is 34.9 Å². The summed E-state index contributed by atoms with van der Waals surface area (Å²) in [6.45, 7) is 1.37. The Labute approximate surface area is 175 Å². The van der Waals surface area contributed by atoms with Crippen molar-refractivity contribution in [2.45, 2.75) is 69.0 Å². The number of unbranched alkanes of at least 4 members (excludes halogenated alkanes) is 1. The lowest BCUT2D eigenvalue weighted by Crippen LogP contribution is -2.57. The van der Waals surface area contributed by atoms with Crippen molar-refractivity contribution in [3.63, 3.8) is 0 Å². The SMILES string of the molecule is NC(CCCC[B]O)(C(=O)O)C1CCN(C2CCc3cc(C(F)(F)F)ccc32)CC1. The topological polar surface area (TPSA) is 86.8 Å². The summed E-state index contributed by atoms with van der Waals surface area (Å²) >= 11 is 0. The fourth-order valence-corrected chi connectivity index (χ4v) is 5.02. The van der Waals surface area contributed by atoms with Gasteiger partial charge in [0, 0.05) is 6.04 Å². The molecule has 0 amide bonds. The molecule has 1 radical (unpaired) electrons. The summed E-state index contributed by atoms with van der Waals surface area (Å²) in [6.07, 6.45) is 0.606. The molecule has 0 spiro atoms. The quantitative estimate of drug-likeness (QED) is 0.439. The summed E-state index contributed by atoms with van der Waals surface area (Å²) in [6, 6.07) is 4.11. The zero-order chi connectivity index (χ0) is 21.9. The van der Waals surface area contributed by atoms with E-state index in [9.17, 15) is 23.1 Å². The van der Waals surface area contributed by atoms with Crippen LogP contribution in [0.25, 0.3) is 0 Å². The summed E-state index contributed by atoms with van der Waals surface area (Å²) in [4.78, 5) is 14.2. The van der Waals surface area contributed by atoms with E-state index in [2.05, 4.69) is 4.90 Å². The predicted octanol–water partition coefficient (Wildman–Crippen LogP) is 3.39. The summed E-state index contributed by atoms with van der Waals surface area (Å²) in [7, 11) is 1.08. The molecule has 2 aliphatic rings. The lowest BCUT2D eigenvalue weighted by atomic mass is 9.74. The van der Waals surface area contributed by atoms with Crippen molar-refractivity contribution >= 4 is 13.5 Å². The molecule has 165 valence electrons. The van der Waals surface area contributed by atoms with E-state index in [1.54, 1.807) is 6.07 Å². The number of aryl methyl sites for hydroxylation is 1. The second-order valence-electron chi connectivity index (χ2n) is 8.55. The predicted molar refractivity (Wildman–Crippen MR) is 108 cm³/mol. The van der Waals surface area contributed by atoms with Gasteiger partial charge in [0.25, 0.3) is 7.48 Å². The molecule has 1 saturated heterocycles. The van der Waals surface area contributed by atoms with Gasteiger partial charge in [-0.1, -0.05) is 25.2 Å². The summed E-state index contributed by atoms with van der Waals surface area (Å²) in [5.74, 6) is -1.13. The van der Waals surface area contributed by atoms with Crippen molar-refractivity contribution in [1.82, 2.24) is 4.90 Å². The number of halogens is 3. The second kappa shape index (κ2) is 9.28. The molecule has 1 aromatic carbocycles. The third-order valence-corrected chi connectivity index (χ3v) is 6.79. The van der Waals surface area contributed by atoms with Crippen LogP contribution in [0.5, 0.6) is 0 Å². The number of carboxylic acid groups (broad SMARTS) is 1. The van der Waals surface area contributed by atoms with Crippen LogP contribution in [-0.2, 0) is 17.4 Å². The molecule has 1 aliphatic carbocycles. The van der Waals surface area contributed by atoms with E-state index >= 15 is 0 Å². The molecular formula is C21H29BF3N2O3. The molecule has 0 bridgehead atoms. The van der Waals surface area contributed by atoms with Gasteiger partial charge >= 0.3 is 12.1 Å². The maximum absolute atomic E-state index is 13.0. The van der Waals surface area contributed by atoms with Gasteiger partial charge in [-0.05, 0) is 74.4 Å². The van der Waals surface area contributed by atoms with Crippen LogP contribution in [-0.4, -0.2) is 47.1 Å². The van der Waals surface area contributed by atoms with Crippen LogP contribution in [0.3, 0.4) is 0 Å². The number of nitrogens with two attached hydrogens (primary N) is 1. The number of hydrogen-bond acceptors (Lipinski definition) is 4. The Bertz CT molecular complexity index is 754. The fourth-order valence-electron chi connectivity index (χ4n) is 5.02. The van der Waals surface area contributed by atoms with Crippen molar-refractivity contribution in [3.8, 4) is 0 Å². The highest BCUT2D eigenvalue weighted by molar-refractivity contribution is 6.25. The van der Waals surface area contributed by atoms with Crippen LogP contribution in [0, 0.1) is 5.92 Å². The Hall–Kier alpha value is -1.58. The van der Waals surface area contributed by atoms with E-state index in [1.165, 1.54) is 6.07 Å². The number of hydrogen-bond donors (Lipinski definition) is 3. The molecule has 1 fully saturated rings. The first-order chi connectivity index (χ1) is 14.2. The van der Waals surface area contributed by atoms with Gasteiger partial charge in [-0.15, -0.1) is 0 Å². The number of likely N-dealkylation sites (tertiary alicyclic amines) is 1. The van der Waals surface area contributed by atoms with Crippen molar-refractivity contribution < 1.29 is 28.1 Å². The largest absolute Gasteiger partial charge is 0.480 e. The third-order valence-electron chi connectivity index (χ3n) is 6.79. The van der Waals surface area contributed by atoms with Crippen molar-refractivity contribution in [2.75, 3.05) is 13.1 Å². The minimum Gasteiger partial charge on any atom is -0.480 e. The average Bonchev–Trinajstić information content (AvgIpc) is 3.13. The number of fused-ring (bicyclic) bond motifs is 1. The Morgan fingerprint density at radius 1 is 1.20 bits per heavy atom. The Morgan fingerprint density at radius 2 is 1.90 bits per heavy atom. The normalized spacial score (nSPS) is 22.5. The number of aliphatic carboxylic acids is 1. The number of benzene rings is 1. The summed E-state index contributed by atoms with van der Waals surface area (Å²) in [5, 5.41) is 18.5. The van der Waals surface area contributed by atoms with Crippen molar-refractivity contribution in [2.24, 2.45) is 11.7 Å². The zero-order valence-electron chi connectivity index (χ0n) is 17.0. The first-order valence-corrected chi connectivity index (χ1v) is 10.6. The molecule has 2 unspecified atom stereocenters. The highest BCUT2D eigenvalue weighted by Crippen LogP contribution is 2.41. The summed E-state index contributed by atoms with van der Waals surface area (Å²) in [5.41, 5.74) is 6.17. The second-order valence-corrected chi connectivity index (χ2v) is 8.55. The maximum atomic E-state index is 13.0. The number of nitrogens with zero attached hydrogens (tertiary/aromatic N) is 1. The van der Waals surface area contributed by atoms with Crippen LogP contribution in [0.2, 0.25) is 6.32 Å². The zero-order valence-corrected chi connectivity index (χ0v) is 17.0. The lowest BCUT2D eigenvalue weighted by molar-refractivity contribution is -0.147. The molecule has 1 aliphatic heterocycles. The van der Waals surface area contributed by atoms with Crippen LogP contribution in [0.1, 0.15) is 61.3 Å². The van der Waals surface area contributed by atoms with Gasteiger partial charge in [0.05, 0.1) is 5.56 Å². The third kappa shape index (κ3) is 4.84. The molecule has 5 nitrogen and oxygen atoms in total. The molecule has 2 atom stereocenters. The number of carboxylic acids is 1. The Morgan fingerprint density at radius 3 is 2.50 bits per heavy atom. The fraction of sp³-hybridized carbons (Fsp3) is 0.667. The highest BCUT2D eigenvalue weighted by atomic mass is 19.4. The van der Waals surface area contributed by atoms with E-state index in [0.717, 1.165) is 31.1 Å². The first kappa shape index (κ1) is 23.1. The highest BCUT2D eigenvalue weighted by Gasteiger charge is 2.44. The van der Waals surface area contributed by atoms with Gasteiger partial charge in [-0.2, -0.15) is 13.2 Å². The minimum absolute atomic E-state index is 0.0836. The molecule has 30 heavy (non-hydrogen) atoms. The number of piperidine rings is 1. The lowest BCUT2D eigenvalue weighted by Gasteiger charge is -2.42. The van der Waals surface area contributed by atoms with E-state index in [4.69, 9.17) is 10.8 Å². The van der Waals surface area contributed by atoms with Gasteiger partial charge in [0.15, 0.2) is 0 Å². The molecule has 1 heterocycles. The molecule has 0 aromatic heterocycles. The smallest absolute Gasteiger partial charge is 0.416 e. The molecule has 3 rings (SSSR count). The molecule has 9 heteroatoms. The number of carbonyl (C=O) groups is 1. The summed E-state index contributed by atoms with van der Waals surface area (Å²) < 4.78 is 38.9. The Kier molecular flexibility index (Phi) is 7.14. The van der Waals surface area contributed by atoms with Gasteiger partial charge in [-0.25, -0.2) is 0 Å². The molecule has 0 saturated carbocycles. The molecule has 1 aromatic rings. The standard InChI is InChI=1S/C21H29BF3N2O3/c23-21(24,25)16-4-5-17-14(13-16)3-6-18(17)27-11-7-15(8-12-27)20(26,19(28)29)9-1-2-10-22-30/h4-5,13,15,18,30H,1-3,6-12,26H2,(H,28,29). The van der Waals surface area contributed by atoms with E-state index in [-0.39, 0.29) is 12.0 Å². The first-order valence-electron chi connectivity index (χ1n) is 10.6. The molecular weight excluding hydrogens is 396 g/mol. The maximum Gasteiger partial charge on any atom is 0.416 e. The van der Waals surface area contributed by atoms with Crippen LogP contribution in [0.4, 0.5) is 13.2 Å². The van der Waals surface area contributed by atoms with E-state index in [0.29, 0.717) is 57.9 Å². The van der Waals surface area contributed by atoms with Gasteiger partial charge < -0.3 is 15.9 Å². The van der Waals surface area contributed by atoms with Crippen molar-refractivity contribution in [1.29, 1.82) is 0 Å². The van der Waals surface area contributed by atoms with Gasteiger partial charge in [-0.3, -0.25) is 9.69 Å². The van der Waals surface area contributed by atoms with Gasteiger partial charge in [0.1, 0.15) is 5.54 Å². The monoisotopic (exact) mass is 425 g/mol.